The van der Waals surface area contributed by atoms with Crippen molar-refractivity contribution in [3.8, 4) is 0 Å². The zero-order valence-electron chi connectivity index (χ0n) is 14.6. The Balaban J connectivity index is 1.52. The van der Waals surface area contributed by atoms with Gasteiger partial charge >= 0.3 is 0 Å². The normalized spacial score (nSPS) is 31.6. The number of ether oxygens (including phenoxy) is 1. The molecule has 3 rings (SSSR count). The Kier molecular flexibility index (Phi) is 5.77. The van der Waals surface area contributed by atoms with Crippen molar-refractivity contribution in [1.82, 2.24) is 15.1 Å². The third-order valence-electron chi connectivity index (χ3n) is 6.52. The molecular formula is C18H35N3O. The van der Waals surface area contributed by atoms with Crippen LogP contribution in [0.4, 0.5) is 0 Å². The van der Waals surface area contributed by atoms with E-state index >= 15 is 0 Å². The lowest BCUT2D eigenvalue weighted by Gasteiger charge is -2.47. The Morgan fingerprint density at radius 1 is 1.14 bits per heavy atom. The fraction of sp³-hybridized carbons (Fsp3) is 1.00. The average molecular weight is 309 g/mol. The van der Waals surface area contributed by atoms with E-state index in [1.54, 1.807) is 0 Å². The highest BCUT2D eigenvalue weighted by Gasteiger charge is 2.44. The Labute approximate surface area is 136 Å². The minimum atomic E-state index is 0.394. The molecule has 0 aromatic heterocycles. The Bertz CT molecular complexity index is 337. The predicted octanol–water partition coefficient (Wildman–Crippen LogP) is 2.09. The molecule has 128 valence electrons. The summed E-state index contributed by atoms with van der Waals surface area (Å²) in [4.78, 5) is 5.28. The molecule has 3 fully saturated rings. The van der Waals surface area contributed by atoms with Gasteiger partial charge in [0.25, 0.3) is 0 Å². The summed E-state index contributed by atoms with van der Waals surface area (Å²) in [7, 11) is 2.29. The Morgan fingerprint density at radius 3 is 2.50 bits per heavy atom. The van der Waals surface area contributed by atoms with Crippen LogP contribution >= 0.6 is 0 Å². The first kappa shape index (κ1) is 16.7. The molecule has 0 spiro atoms. The lowest BCUT2D eigenvalue weighted by molar-refractivity contribution is -0.0333. The van der Waals surface area contributed by atoms with Gasteiger partial charge in [0.2, 0.25) is 0 Å². The van der Waals surface area contributed by atoms with Gasteiger partial charge < -0.3 is 15.0 Å². The third-order valence-corrected chi connectivity index (χ3v) is 6.52. The van der Waals surface area contributed by atoms with Crippen LogP contribution in [-0.4, -0.2) is 73.9 Å². The van der Waals surface area contributed by atoms with Gasteiger partial charge in [-0.2, -0.15) is 0 Å². The van der Waals surface area contributed by atoms with Gasteiger partial charge in [0, 0.05) is 30.7 Å². The van der Waals surface area contributed by atoms with Gasteiger partial charge in [-0.3, -0.25) is 4.90 Å². The van der Waals surface area contributed by atoms with Gasteiger partial charge in [-0.05, 0) is 59.2 Å². The summed E-state index contributed by atoms with van der Waals surface area (Å²) in [6, 6.07) is 1.41. The maximum absolute atomic E-state index is 5.58. The molecule has 0 amide bonds. The van der Waals surface area contributed by atoms with E-state index in [1.165, 1.54) is 58.0 Å². The van der Waals surface area contributed by atoms with Crippen LogP contribution in [0.25, 0.3) is 0 Å². The van der Waals surface area contributed by atoms with Crippen molar-refractivity contribution >= 4 is 0 Å². The molecule has 2 heterocycles. The lowest BCUT2D eigenvalue weighted by Crippen LogP contribution is -2.61. The summed E-state index contributed by atoms with van der Waals surface area (Å²) in [5.74, 6) is 0. The van der Waals surface area contributed by atoms with Gasteiger partial charge in [-0.15, -0.1) is 0 Å². The summed E-state index contributed by atoms with van der Waals surface area (Å²) < 4.78 is 5.58. The molecule has 0 unspecified atom stereocenters. The van der Waals surface area contributed by atoms with Crippen molar-refractivity contribution in [2.75, 3.05) is 46.4 Å². The van der Waals surface area contributed by atoms with Crippen LogP contribution in [0.1, 0.15) is 51.9 Å². The summed E-state index contributed by atoms with van der Waals surface area (Å²) >= 11 is 0. The van der Waals surface area contributed by atoms with E-state index in [0.717, 1.165) is 32.3 Å². The molecule has 1 N–H and O–H groups in total. The Hall–Kier alpha value is -0.160. The number of likely N-dealkylation sites (tertiary alicyclic amines) is 1. The molecular weight excluding hydrogens is 274 g/mol. The summed E-state index contributed by atoms with van der Waals surface area (Å²) in [6.07, 6.45) is 9.61. The molecule has 0 aromatic rings. The quantitative estimate of drug-likeness (QED) is 0.813. The maximum atomic E-state index is 5.58. The van der Waals surface area contributed by atoms with E-state index in [4.69, 9.17) is 4.74 Å². The van der Waals surface area contributed by atoms with Crippen LogP contribution < -0.4 is 5.32 Å². The smallest absolute Gasteiger partial charge is 0.0594 e. The van der Waals surface area contributed by atoms with Crippen LogP contribution in [0.15, 0.2) is 0 Å². The fourth-order valence-corrected chi connectivity index (χ4v) is 5.02. The summed E-state index contributed by atoms with van der Waals surface area (Å²) in [6.45, 7) is 8.97. The molecule has 0 radical (unpaired) electrons. The second-order valence-electron chi connectivity index (χ2n) is 7.65. The van der Waals surface area contributed by atoms with E-state index in [1.807, 2.05) is 0 Å². The number of nitrogens with one attached hydrogen (secondary N) is 1. The van der Waals surface area contributed by atoms with Crippen molar-refractivity contribution < 1.29 is 4.74 Å². The number of morpholine rings is 1. The van der Waals surface area contributed by atoms with E-state index in [0.29, 0.717) is 11.6 Å². The molecule has 2 saturated heterocycles. The summed E-state index contributed by atoms with van der Waals surface area (Å²) in [5, 5.41) is 3.90. The number of rotatable bonds is 6. The second kappa shape index (κ2) is 7.61. The highest BCUT2D eigenvalue weighted by atomic mass is 16.5. The van der Waals surface area contributed by atoms with E-state index in [9.17, 15) is 0 Å². The van der Waals surface area contributed by atoms with Crippen LogP contribution in [0.2, 0.25) is 0 Å². The topological polar surface area (TPSA) is 27.7 Å². The molecule has 3 aliphatic rings. The molecule has 2 aliphatic heterocycles. The number of hydrogen-bond acceptors (Lipinski definition) is 4. The van der Waals surface area contributed by atoms with Gasteiger partial charge in [-0.25, -0.2) is 0 Å². The number of hydrogen-bond donors (Lipinski definition) is 1. The first-order valence-electron chi connectivity index (χ1n) is 9.49. The predicted molar refractivity (Wildman–Crippen MR) is 91.3 cm³/mol. The minimum absolute atomic E-state index is 0.394. The Morgan fingerprint density at radius 2 is 1.86 bits per heavy atom. The van der Waals surface area contributed by atoms with Crippen LogP contribution in [-0.2, 0) is 4.74 Å². The van der Waals surface area contributed by atoms with E-state index in [-0.39, 0.29) is 0 Å². The molecule has 4 heteroatoms. The average Bonchev–Trinajstić information content (AvgIpc) is 3.19. The second-order valence-corrected chi connectivity index (χ2v) is 7.65. The largest absolute Gasteiger partial charge is 0.379 e. The van der Waals surface area contributed by atoms with Crippen molar-refractivity contribution in [3.05, 3.63) is 0 Å². The first-order chi connectivity index (χ1) is 10.7. The zero-order chi connectivity index (χ0) is 15.4. The first-order valence-corrected chi connectivity index (χ1v) is 9.49. The van der Waals surface area contributed by atoms with Gasteiger partial charge in [0.05, 0.1) is 13.2 Å². The van der Waals surface area contributed by atoms with E-state index in [2.05, 4.69) is 29.1 Å². The minimum Gasteiger partial charge on any atom is -0.379 e. The SMILES string of the molecule is C[C@@H](NCC[C@H]1CCCN1C)C1(N2CCOCC2)CCCC1. The molecule has 1 aliphatic carbocycles. The standard InChI is InChI=1S/C18H35N3O/c1-16(19-10-7-17-6-5-11-20(17)2)18(8-3-4-9-18)21-12-14-22-15-13-21/h16-17,19H,3-15H2,1-2H3/t16-,17-/m1/s1. The van der Waals surface area contributed by atoms with Crippen LogP contribution in [0.5, 0.6) is 0 Å². The van der Waals surface area contributed by atoms with Gasteiger partial charge in [0.15, 0.2) is 0 Å². The van der Waals surface area contributed by atoms with Crippen molar-refractivity contribution in [3.63, 3.8) is 0 Å². The maximum Gasteiger partial charge on any atom is 0.0594 e. The van der Waals surface area contributed by atoms with Gasteiger partial charge in [0.1, 0.15) is 0 Å². The highest BCUT2D eigenvalue weighted by molar-refractivity contribution is 5.02. The molecule has 0 bridgehead atoms. The number of nitrogens with zero attached hydrogens (tertiary/aromatic N) is 2. The van der Waals surface area contributed by atoms with Gasteiger partial charge in [-0.1, -0.05) is 12.8 Å². The van der Waals surface area contributed by atoms with Crippen molar-refractivity contribution in [1.29, 1.82) is 0 Å². The van der Waals surface area contributed by atoms with Crippen molar-refractivity contribution in [2.45, 2.75) is 69.5 Å². The lowest BCUT2D eigenvalue weighted by atomic mass is 9.86. The molecule has 1 saturated carbocycles. The fourth-order valence-electron chi connectivity index (χ4n) is 5.02. The van der Waals surface area contributed by atoms with Crippen molar-refractivity contribution in [2.24, 2.45) is 0 Å². The van der Waals surface area contributed by atoms with Crippen LogP contribution in [0, 0.1) is 0 Å². The molecule has 2 atom stereocenters. The third kappa shape index (κ3) is 3.50. The van der Waals surface area contributed by atoms with Crippen LogP contribution in [0.3, 0.4) is 0 Å². The summed E-state index contributed by atoms with van der Waals surface area (Å²) in [5.41, 5.74) is 0.394. The van der Waals surface area contributed by atoms with E-state index < -0.39 is 0 Å². The monoisotopic (exact) mass is 309 g/mol. The molecule has 22 heavy (non-hydrogen) atoms. The zero-order valence-corrected chi connectivity index (χ0v) is 14.6. The molecule has 4 nitrogen and oxygen atoms in total. The highest BCUT2D eigenvalue weighted by Crippen LogP contribution is 2.38. The molecule has 0 aromatic carbocycles.